The molecule has 0 radical (unpaired) electrons. The standard InChI is InChI=1S/C16H12FN3O3S/c17-12-4-6-15(7-5-12)24(22,23)20-13-9-18-16(19-10-13)11-2-1-3-14(21)8-11/h1-10,20-21H. The fraction of sp³-hybridized carbons (Fsp3) is 0. The maximum atomic E-state index is 12.9. The summed E-state index contributed by atoms with van der Waals surface area (Å²) in [5.74, 6) is -0.0967. The van der Waals surface area contributed by atoms with Gasteiger partial charge in [0, 0.05) is 5.56 Å². The number of phenols is 1. The first-order chi connectivity index (χ1) is 11.4. The highest BCUT2D eigenvalue weighted by Gasteiger charge is 2.14. The lowest BCUT2D eigenvalue weighted by Gasteiger charge is -2.08. The first kappa shape index (κ1) is 15.9. The third-order valence-electron chi connectivity index (χ3n) is 3.13. The Morgan fingerprint density at radius 2 is 1.67 bits per heavy atom. The van der Waals surface area contributed by atoms with E-state index in [0.717, 1.165) is 12.1 Å². The molecule has 0 aliphatic rings. The first-order valence-electron chi connectivity index (χ1n) is 6.84. The third-order valence-corrected chi connectivity index (χ3v) is 4.53. The van der Waals surface area contributed by atoms with Crippen LogP contribution >= 0.6 is 0 Å². The maximum Gasteiger partial charge on any atom is 0.261 e. The van der Waals surface area contributed by atoms with E-state index in [4.69, 9.17) is 0 Å². The predicted octanol–water partition coefficient (Wildman–Crippen LogP) is 2.79. The average Bonchev–Trinajstić information content (AvgIpc) is 2.55. The van der Waals surface area contributed by atoms with Crippen molar-refractivity contribution in [1.82, 2.24) is 9.97 Å². The highest BCUT2D eigenvalue weighted by Crippen LogP contribution is 2.21. The molecule has 0 atom stereocenters. The Morgan fingerprint density at radius 3 is 2.29 bits per heavy atom. The number of benzene rings is 2. The number of halogens is 1. The Morgan fingerprint density at radius 1 is 1.00 bits per heavy atom. The van der Waals surface area contributed by atoms with Gasteiger partial charge in [-0.15, -0.1) is 0 Å². The molecule has 0 aliphatic heterocycles. The normalized spacial score (nSPS) is 11.2. The largest absolute Gasteiger partial charge is 0.508 e. The summed E-state index contributed by atoms with van der Waals surface area (Å²) >= 11 is 0. The van der Waals surface area contributed by atoms with Crippen LogP contribution in [0.1, 0.15) is 0 Å². The molecule has 0 fully saturated rings. The van der Waals surface area contributed by atoms with Crippen molar-refractivity contribution in [3.8, 4) is 17.1 Å². The number of nitrogens with one attached hydrogen (secondary N) is 1. The van der Waals surface area contributed by atoms with Crippen LogP contribution in [0, 0.1) is 5.82 Å². The molecule has 24 heavy (non-hydrogen) atoms. The summed E-state index contributed by atoms with van der Waals surface area (Å²) in [4.78, 5) is 8.08. The smallest absolute Gasteiger partial charge is 0.261 e. The van der Waals surface area contributed by atoms with Gasteiger partial charge in [0.15, 0.2) is 5.82 Å². The van der Waals surface area contributed by atoms with Gasteiger partial charge in [-0.2, -0.15) is 0 Å². The predicted molar refractivity (Wildman–Crippen MR) is 86.3 cm³/mol. The van der Waals surface area contributed by atoms with Crippen molar-refractivity contribution in [3.05, 3.63) is 66.7 Å². The molecule has 0 bridgehead atoms. The number of aromatic hydroxyl groups is 1. The topological polar surface area (TPSA) is 92.2 Å². The Balaban J connectivity index is 1.82. The van der Waals surface area contributed by atoms with E-state index in [1.54, 1.807) is 12.1 Å². The van der Waals surface area contributed by atoms with Gasteiger partial charge >= 0.3 is 0 Å². The second-order valence-corrected chi connectivity index (χ2v) is 6.59. The zero-order chi connectivity index (χ0) is 17.2. The number of hydrogen-bond donors (Lipinski definition) is 2. The van der Waals surface area contributed by atoms with Gasteiger partial charge < -0.3 is 5.11 Å². The van der Waals surface area contributed by atoms with Crippen molar-refractivity contribution in [1.29, 1.82) is 0 Å². The molecule has 0 unspecified atom stereocenters. The monoisotopic (exact) mass is 345 g/mol. The quantitative estimate of drug-likeness (QED) is 0.758. The molecule has 2 aromatic carbocycles. The van der Waals surface area contributed by atoms with Crippen LogP contribution in [-0.2, 0) is 10.0 Å². The summed E-state index contributed by atoms with van der Waals surface area (Å²) in [6.45, 7) is 0. The molecule has 8 heteroatoms. The van der Waals surface area contributed by atoms with Crippen molar-refractivity contribution >= 4 is 15.7 Å². The van der Waals surface area contributed by atoms with Crippen LogP contribution < -0.4 is 4.72 Å². The van der Waals surface area contributed by atoms with Crippen molar-refractivity contribution in [2.24, 2.45) is 0 Å². The molecule has 0 saturated heterocycles. The van der Waals surface area contributed by atoms with Crippen molar-refractivity contribution in [3.63, 3.8) is 0 Å². The molecule has 3 aromatic rings. The number of anilines is 1. The van der Waals surface area contributed by atoms with E-state index in [9.17, 15) is 17.9 Å². The lowest BCUT2D eigenvalue weighted by atomic mass is 10.2. The van der Waals surface area contributed by atoms with Gasteiger partial charge in [0.1, 0.15) is 11.6 Å². The summed E-state index contributed by atoms with van der Waals surface area (Å²) in [7, 11) is -3.85. The van der Waals surface area contributed by atoms with E-state index in [2.05, 4.69) is 14.7 Å². The van der Waals surface area contributed by atoms with Crippen LogP contribution in [0.15, 0.2) is 65.8 Å². The van der Waals surface area contributed by atoms with E-state index in [1.807, 2.05) is 0 Å². The van der Waals surface area contributed by atoms with Gasteiger partial charge in [0.2, 0.25) is 0 Å². The van der Waals surface area contributed by atoms with Crippen LogP contribution in [0.3, 0.4) is 0 Å². The molecule has 3 rings (SSSR count). The maximum absolute atomic E-state index is 12.9. The van der Waals surface area contributed by atoms with Crippen molar-refractivity contribution in [2.45, 2.75) is 4.90 Å². The molecule has 2 N–H and O–H groups in total. The van der Waals surface area contributed by atoms with E-state index in [0.29, 0.717) is 11.4 Å². The Labute approximate surface area is 137 Å². The number of aromatic nitrogens is 2. The average molecular weight is 345 g/mol. The minimum absolute atomic E-state index is 0.0686. The van der Waals surface area contributed by atoms with E-state index < -0.39 is 15.8 Å². The molecule has 0 amide bonds. The van der Waals surface area contributed by atoms with Crippen LogP contribution in [0.4, 0.5) is 10.1 Å². The highest BCUT2D eigenvalue weighted by atomic mass is 32.2. The Hall–Kier alpha value is -3.00. The number of nitrogens with zero attached hydrogens (tertiary/aromatic N) is 2. The summed E-state index contributed by atoms with van der Waals surface area (Å²) < 4.78 is 39.6. The van der Waals surface area contributed by atoms with Gasteiger partial charge in [-0.1, -0.05) is 12.1 Å². The first-order valence-corrected chi connectivity index (χ1v) is 8.32. The van der Waals surface area contributed by atoms with Gasteiger partial charge in [0.05, 0.1) is 23.0 Å². The lowest BCUT2D eigenvalue weighted by Crippen LogP contribution is -2.13. The molecule has 0 aliphatic carbocycles. The minimum atomic E-state index is -3.85. The molecule has 6 nitrogen and oxygen atoms in total. The Bertz CT molecular complexity index is 959. The molecular formula is C16H12FN3O3S. The van der Waals surface area contributed by atoms with Crippen LogP contribution in [0.5, 0.6) is 5.75 Å². The summed E-state index contributed by atoms with van der Waals surface area (Å²) in [6, 6.07) is 10.9. The van der Waals surface area contributed by atoms with Gasteiger partial charge in [-0.25, -0.2) is 22.8 Å². The Kier molecular flexibility index (Phi) is 4.13. The minimum Gasteiger partial charge on any atom is -0.508 e. The zero-order valence-corrected chi connectivity index (χ0v) is 13.0. The van der Waals surface area contributed by atoms with Gasteiger partial charge in [0.25, 0.3) is 10.0 Å². The highest BCUT2D eigenvalue weighted by molar-refractivity contribution is 7.92. The number of sulfonamides is 1. The summed E-state index contributed by atoms with van der Waals surface area (Å²) in [5, 5.41) is 9.45. The molecule has 0 saturated carbocycles. The van der Waals surface area contributed by atoms with Crippen LogP contribution in [0.25, 0.3) is 11.4 Å². The van der Waals surface area contributed by atoms with Crippen LogP contribution in [0.2, 0.25) is 0 Å². The molecule has 122 valence electrons. The van der Waals surface area contributed by atoms with Crippen LogP contribution in [-0.4, -0.2) is 23.5 Å². The third kappa shape index (κ3) is 3.49. The van der Waals surface area contributed by atoms with Crippen molar-refractivity contribution < 1.29 is 17.9 Å². The number of hydrogen-bond acceptors (Lipinski definition) is 5. The van der Waals surface area contributed by atoms with E-state index >= 15 is 0 Å². The summed E-state index contributed by atoms with van der Waals surface area (Å²) in [6.07, 6.45) is 2.63. The zero-order valence-electron chi connectivity index (χ0n) is 12.2. The molecule has 0 spiro atoms. The fourth-order valence-electron chi connectivity index (χ4n) is 2.00. The van der Waals surface area contributed by atoms with E-state index in [1.165, 1.54) is 36.7 Å². The fourth-order valence-corrected chi connectivity index (χ4v) is 3.03. The number of rotatable bonds is 4. The van der Waals surface area contributed by atoms with E-state index in [-0.39, 0.29) is 16.3 Å². The number of phenolic OH excluding ortho intramolecular Hbond substituents is 1. The van der Waals surface area contributed by atoms with Crippen molar-refractivity contribution in [2.75, 3.05) is 4.72 Å². The van der Waals surface area contributed by atoms with Gasteiger partial charge in [-0.3, -0.25) is 4.72 Å². The SMILES string of the molecule is O=S(=O)(Nc1cnc(-c2cccc(O)c2)nc1)c1ccc(F)cc1. The van der Waals surface area contributed by atoms with Gasteiger partial charge in [-0.05, 0) is 36.4 Å². The summed E-state index contributed by atoms with van der Waals surface area (Å²) in [5.41, 5.74) is 0.770. The molecular weight excluding hydrogens is 333 g/mol. The second-order valence-electron chi connectivity index (χ2n) is 4.91. The lowest BCUT2D eigenvalue weighted by molar-refractivity contribution is 0.475. The molecule has 1 aromatic heterocycles. The second kappa shape index (κ2) is 6.25. The molecule has 1 heterocycles.